The first-order valence-electron chi connectivity index (χ1n) is 8.90. The number of carbonyl (C=O) groups excluding carboxylic acids is 1. The number of nitrogens with one attached hydrogen (secondary N) is 1. The minimum atomic E-state index is -0.0624. The molecule has 27 heavy (non-hydrogen) atoms. The van der Waals surface area contributed by atoms with Crippen LogP contribution in [0.3, 0.4) is 0 Å². The second-order valence-corrected chi connectivity index (χ2v) is 8.21. The standard InChI is InChI=1S/C19H17N5OS2/c25-18(20-14-7-3-8-15-17(14)23-27-22-15)12-5-4-10-24(11-12)19-21-13-6-1-2-9-16(13)26-19/h1-3,6-9,12H,4-5,10-11H2,(H,20,25). The molecule has 1 amide bonds. The molecule has 8 heteroatoms. The highest BCUT2D eigenvalue weighted by atomic mass is 32.1. The lowest BCUT2D eigenvalue weighted by Gasteiger charge is -2.31. The molecular formula is C19H17N5OS2. The molecule has 1 saturated heterocycles. The summed E-state index contributed by atoms with van der Waals surface area (Å²) in [6.07, 6.45) is 1.87. The molecule has 1 aliphatic heterocycles. The van der Waals surface area contributed by atoms with E-state index in [2.05, 4.69) is 25.0 Å². The lowest BCUT2D eigenvalue weighted by Crippen LogP contribution is -2.40. The Bertz CT molecular complexity index is 1090. The second-order valence-electron chi connectivity index (χ2n) is 6.68. The largest absolute Gasteiger partial charge is 0.347 e. The fourth-order valence-electron chi connectivity index (χ4n) is 3.50. The number of fused-ring (bicyclic) bond motifs is 2. The predicted octanol–water partition coefficient (Wildman–Crippen LogP) is 4.16. The predicted molar refractivity (Wildman–Crippen MR) is 111 cm³/mol. The molecule has 0 saturated carbocycles. The van der Waals surface area contributed by atoms with Gasteiger partial charge in [-0.25, -0.2) is 4.98 Å². The number of para-hydroxylation sites is 1. The molecule has 0 spiro atoms. The molecule has 0 aliphatic carbocycles. The molecule has 1 atom stereocenters. The molecule has 6 nitrogen and oxygen atoms in total. The van der Waals surface area contributed by atoms with Crippen LogP contribution in [0.1, 0.15) is 12.8 Å². The minimum absolute atomic E-state index is 0.0429. The first kappa shape index (κ1) is 16.6. The average Bonchev–Trinajstić information content (AvgIpc) is 3.35. The number of hydrogen-bond acceptors (Lipinski definition) is 7. The Morgan fingerprint density at radius 2 is 2.00 bits per heavy atom. The van der Waals surface area contributed by atoms with E-state index in [0.717, 1.165) is 58.5 Å². The van der Waals surface area contributed by atoms with Crippen molar-refractivity contribution in [2.45, 2.75) is 12.8 Å². The van der Waals surface area contributed by atoms with E-state index in [1.54, 1.807) is 11.3 Å². The van der Waals surface area contributed by atoms with Gasteiger partial charge in [0.1, 0.15) is 11.0 Å². The van der Waals surface area contributed by atoms with Crippen LogP contribution in [-0.4, -0.2) is 32.7 Å². The number of aromatic nitrogens is 3. The van der Waals surface area contributed by atoms with Crippen LogP contribution < -0.4 is 10.2 Å². The maximum atomic E-state index is 12.9. The van der Waals surface area contributed by atoms with Crippen LogP contribution >= 0.6 is 23.1 Å². The maximum absolute atomic E-state index is 12.9. The molecule has 136 valence electrons. The van der Waals surface area contributed by atoms with Gasteiger partial charge in [-0.1, -0.05) is 29.5 Å². The molecule has 5 rings (SSSR count). The van der Waals surface area contributed by atoms with Crippen molar-refractivity contribution in [1.29, 1.82) is 0 Å². The maximum Gasteiger partial charge on any atom is 0.229 e. The second kappa shape index (κ2) is 6.86. The van der Waals surface area contributed by atoms with Gasteiger partial charge in [-0.05, 0) is 37.1 Å². The van der Waals surface area contributed by atoms with Crippen LogP contribution in [0.25, 0.3) is 21.3 Å². The van der Waals surface area contributed by atoms with Crippen LogP contribution in [0.2, 0.25) is 0 Å². The Balaban J connectivity index is 1.34. The minimum Gasteiger partial charge on any atom is -0.347 e. The van der Waals surface area contributed by atoms with Gasteiger partial charge >= 0.3 is 0 Å². The van der Waals surface area contributed by atoms with E-state index in [1.165, 1.54) is 4.70 Å². The summed E-state index contributed by atoms with van der Waals surface area (Å²) in [5, 5.41) is 4.06. The van der Waals surface area contributed by atoms with Crippen molar-refractivity contribution in [2.24, 2.45) is 5.92 Å². The lowest BCUT2D eigenvalue weighted by atomic mass is 9.97. The number of nitrogens with zero attached hydrogens (tertiary/aromatic N) is 4. The molecule has 1 aliphatic rings. The van der Waals surface area contributed by atoms with Crippen molar-refractivity contribution in [2.75, 3.05) is 23.3 Å². The van der Waals surface area contributed by atoms with Crippen molar-refractivity contribution < 1.29 is 4.79 Å². The summed E-state index contributed by atoms with van der Waals surface area (Å²) in [6, 6.07) is 13.9. The molecular weight excluding hydrogens is 378 g/mol. The number of rotatable bonds is 3. The van der Waals surface area contributed by atoms with E-state index < -0.39 is 0 Å². The Hall–Kier alpha value is -2.58. The molecule has 2 aromatic carbocycles. The van der Waals surface area contributed by atoms with E-state index in [0.29, 0.717) is 6.54 Å². The van der Waals surface area contributed by atoms with Gasteiger partial charge in [-0.3, -0.25) is 4.79 Å². The summed E-state index contributed by atoms with van der Waals surface area (Å²) >= 11 is 2.85. The third-order valence-electron chi connectivity index (χ3n) is 4.89. The first-order valence-corrected chi connectivity index (χ1v) is 10.5. The zero-order valence-corrected chi connectivity index (χ0v) is 16.1. The zero-order chi connectivity index (χ0) is 18.2. The highest BCUT2D eigenvalue weighted by Gasteiger charge is 2.28. The van der Waals surface area contributed by atoms with Gasteiger partial charge in [-0.15, -0.1) is 0 Å². The van der Waals surface area contributed by atoms with Crippen molar-refractivity contribution in [3.8, 4) is 0 Å². The molecule has 2 aromatic heterocycles. The SMILES string of the molecule is O=C(Nc1cccc2nsnc12)C1CCCN(c2nc3ccccc3s2)C1. The third kappa shape index (κ3) is 3.15. The summed E-state index contributed by atoms with van der Waals surface area (Å²) in [5.41, 5.74) is 3.34. The number of hydrogen-bond donors (Lipinski definition) is 1. The van der Waals surface area contributed by atoms with Gasteiger partial charge < -0.3 is 10.2 Å². The number of carbonyl (C=O) groups is 1. The van der Waals surface area contributed by atoms with Gasteiger partial charge in [0, 0.05) is 13.1 Å². The molecule has 4 aromatic rings. The monoisotopic (exact) mass is 395 g/mol. The summed E-state index contributed by atoms with van der Waals surface area (Å²) in [6.45, 7) is 1.63. The molecule has 0 bridgehead atoms. The Morgan fingerprint density at radius 1 is 1.11 bits per heavy atom. The fourth-order valence-corrected chi connectivity index (χ4v) is 5.05. The zero-order valence-electron chi connectivity index (χ0n) is 14.5. The van der Waals surface area contributed by atoms with Crippen molar-refractivity contribution in [3.63, 3.8) is 0 Å². The van der Waals surface area contributed by atoms with Gasteiger partial charge in [-0.2, -0.15) is 8.75 Å². The quantitative estimate of drug-likeness (QED) is 0.564. The average molecular weight is 396 g/mol. The Labute approximate surface area is 164 Å². The number of amides is 1. The number of piperidine rings is 1. The van der Waals surface area contributed by atoms with Crippen LogP contribution in [-0.2, 0) is 4.79 Å². The van der Waals surface area contributed by atoms with E-state index in [1.807, 2.05) is 36.4 Å². The van der Waals surface area contributed by atoms with Gasteiger partial charge in [0.05, 0.1) is 33.6 Å². The summed E-state index contributed by atoms with van der Waals surface area (Å²) in [4.78, 5) is 19.9. The van der Waals surface area contributed by atoms with E-state index in [4.69, 9.17) is 4.98 Å². The highest BCUT2D eigenvalue weighted by molar-refractivity contribution is 7.22. The Morgan fingerprint density at radius 3 is 2.93 bits per heavy atom. The number of thiazole rings is 1. The summed E-state index contributed by atoms with van der Waals surface area (Å²) < 4.78 is 9.72. The first-order chi connectivity index (χ1) is 13.3. The molecule has 1 fully saturated rings. The van der Waals surface area contributed by atoms with Crippen molar-refractivity contribution in [3.05, 3.63) is 42.5 Å². The smallest absolute Gasteiger partial charge is 0.229 e. The van der Waals surface area contributed by atoms with E-state index in [9.17, 15) is 4.79 Å². The third-order valence-corrected chi connectivity index (χ3v) is 6.53. The number of anilines is 2. The van der Waals surface area contributed by atoms with Gasteiger partial charge in [0.2, 0.25) is 5.91 Å². The van der Waals surface area contributed by atoms with Gasteiger partial charge in [0.15, 0.2) is 5.13 Å². The normalized spacial score (nSPS) is 17.5. The Kier molecular flexibility index (Phi) is 4.21. The van der Waals surface area contributed by atoms with E-state index in [-0.39, 0.29) is 11.8 Å². The molecule has 3 heterocycles. The molecule has 1 unspecified atom stereocenters. The van der Waals surface area contributed by atoms with Crippen LogP contribution in [0.5, 0.6) is 0 Å². The van der Waals surface area contributed by atoms with Crippen LogP contribution in [0, 0.1) is 5.92 Å². The van der Waals surface area contributed by atoms with Crippen LogP contribution in [0.4, 0.5) is 10.8 Å². The fraction of sp³-hybridized carbons (Fsp3) is 0.263. The topological polar surface area (TPSA) is 71.0 Å². The van der Waals surface area contributed by atoms with Crippen LogP contribution in [0.15, 0.2) is 42.5 Å². The number of benzene rings is 2. The van der Waals surface area contributed by atoms with Crippen molar-refractivity contribution in [1.82, 2.24) is 13.7 Å². The van der Waals surface area contributed by atoms with Gasteiger partial charge in [0.25, 0.3) is 0 Å². The highest BCUT2D eigenvalue weighted by Crippen LogP contribution is 2.32. The molecule has 1 N–H and O–H groups in total. The summed E-state index contributed by atoms with van der Waals surface area (Å²) in [5.74, 6) is -0.0195. The lowest BCUT2D eigenvalue weighted by molar-refractivity contribution is -0.120. The molecule has 0 radical (unpaired) electrons. The van der Waals surface area contributed by atoms with Crippen molar-refractivity contribution >= 4 is 61.0 Å². The van der Waals surface area contributed by atoms with E-state index >= 15 is 0 Å². The summed E-state index contributed by atoms with van der Waals surface area (Å²) in [7, 11) is 0.